The molecule has 1 heterocycles. The molecule has 0 aromatic rings. The Morgan fingerprint density at radius 2 is 2.00 bits per heavy atom. The Kier molecular flexibility index (Phi) is 5.56. The number of carbonyl (C=O) groups is 1. The van der Waals surface area contributed by atoms with Crippen molar-refractivity contribution in [3.05, 3.63) is 24.3 Å². The van der Waals surface area contributed by atoms with Gasteiger partial charge in [0.2, 0.25) is 0 Å². The van der Waals surface area contributed by atoms with Crippen LogP contribution in [-0.4, -0.2) is 45.7 Å². The molecule has 0 aromatic heterocycles. The molecular formula is C16H24O5. The topological polar surface area (TPSA) is 87.0 Å². The Morgan fingerprint density at radius 3 is 2.76 bits per heavy atom. The van der Waals surface area contributed by atoms with Gasteiger partial charge in [-0.25, -0.2) is 4.79 Å². The first-order valence-corrected chi connectivity index (χ1v) is 7.58. The van der Waals surface area contributed by atoms with E-state index >= 15 is 0 Å². The minimum Gasteiger partial charge on any atom is -0.460 e. The highest BCUT2D eigenvalue weighted by molar-refractivity contribution is 5.82. The molecule has 1 aliphatic heterocycles. The van der Waals surface area contributed by atoms with Crippen molar-refractivity contribution in [3.8, 4) is 0 Å². The summed E-state index contributed by atoms with van der Waals surface area (Å²) in [7, 11) is 0. The van der Waals surface area contributed by atoms with E-state index in [0.29, 0.717) is 6.42 Å². The molecule has 1 saturated carbocycles. The quantitative estimate of drug-likeness (QED) is 0.457. The van der Waals surface area contributed by atoms with E-state index in [0.717, 1.165) is 19.3 Å². The Morgan fingerprint density at radius 1 is 1.24 bits per heavy atom. The zero-order valence-corrected chi connectivity index (χ0v) is 12.3. The molecule has 6 atom stereocenters. The number of aliphatic hydroxyl groups is 3. The first-order valence-electron chi connectivity index (χ1n) is 7.58. The second-order valence-corrected chi connectivity index (χ2v) is 5.99. The molecule has 0 aromatic carbocycles. The van der Waals surface area contributed by atoms with Crippen molar-refractivity contribution in [2.24, 2.45) is 11.8 Å². The van der Waals surface area contributed by atoms with Gasteiger partial charge in [-0.1, -0.05) is 12.2 Å². The number of esters is 1. The van der Waals surface area contributed by atoms with Gasteiger partial charge in [0.1, 0.15) is 0 Å². The molecule has 3 N–H and O–H groups in total. The third-order valence-electron chi connectivity index (χ3n) is 4.30. The van der Waals surface area contributed by atoms with Crippen molar-refractivity contribution in [2.75, 3.05) is 0 Å². The Hall–Kier alpha value is -1.17. The largest absolute Gasteiger partial charge is 0.460 e. The summed E-state index contributed by atoms with van der Waals surface area (Å²) in [6, 6.07) is 0. The second kappa shape index (κ2) is 7.20. The molecule has 0 saturated heterocycles. The van der Waals surface area contributed by atoms with Crippen molar-refractivity contribution in [3.63, 3.8) is 0 Å². The first-order chi connectivity index (χ1) is 9.99. The van der Waals surface area contributed by atoms with E-state index in [1.165, 1.54) is 12.2 Å². The second-order valence-electron chi connectivity index (χ2n) is 5.99. The average Bonchev–Trinajstić information content (AvgIpc) is 2.70. The summed E-state index contributed by atoms with van der Waals surface area (Å²) in [5.41, 5.74) is 0. The fourth-order valence-electron chi connectivity index (χ4n) is 3.14. The van der Waals surface area contributed by atoms with Crippen molar-refractivity contribution >= 4 is 5.97 Å². The van der Waals surface area contributed by atoms with Crippen molar-refractivity contribution in [2.45, 2.75) is 57.0 Å². The van der Waals surface area contributed by atoms with Crippen LogP contribution < -0.4 is 0 Å². The molecule has 118 valence electrons. The molecule has 1 aliphatic carbocycles. The van der Waals surface area contributed by atoms with Crippen LogP contribution in [0.3, 0.4) is 0 Å². The summed E-state index contributed by atoms with van der Waals surface area (Å²) in [6.07, 6.45) is 6.53. The normalized spacial score (nSPS) is 44.7. The number of allylic oxidation sites excluding steroid dienone is 2. The lowest BCUT2D eigenvalue weighted by molar-refractivity contribution is -0.142. The number of aliphatic hydroxyl groups excluding tert-OH is 3. The van der Waals surface area contributed by atoms with Gasteiger partial charge in [-0.15, -0.1) is 0 Å². The van der Waals surface area contributed by atoms with Crippen LogP contribution >= 0.6 is 0 Å². The van der Waals surface area contributed by atoms with Gasteiger partial charge in [0.25, 0.3) is 0 Å². The lowest BCUT2D eigenvalue weighted by atomic mass is 9.88. The molecule has 0 spiro atoms. The molecule has 5 heteroatoms. The van der Waals surface area contributed by atoms with Crippen LogP contribution in [0, 0.1) is 11.8 Å². The summed E-state index contributed by atoms with van der Waals surface area (Å²) in [4.78, 5) is 11.6. The molecule has 21 heavy (non-hydrogen) atoms. The molecule has 0 unspecified atom stereocenters. The van der Waals surface area contributed by atoms with Gasteiger partial charge in [-0.3, -0.25) is 0 Å². The third kappa shape index (κ3) is 4.15. The van der Waals surface area contributed by atoms with Gasteiger partial charge in [0.15, 0.2) is 0 Å². The number of ether oxygens (including phenoxy) is 1. The van der Waals surface area contributed by atoms with Gasteiger partial charge in [-0.2, -0.15) is 0 Å². The summed E-state index contributed by atoms with van der Waals surface area (Å²) in [6.45, 7) is 1.85. The zero-order valence-electron chi connectivity index (χ0n) is 12.3. The van der Waals surface area contributed by atoms with Gasteiger partial charge < -0.3 is 20.1 Å². The van der Waals surface area contributed by atoms with E-state index in [1.807, 2.05) is 19.1 Å². The van der Waals surface area contributed by atoms with Crippen molar-refractivity contribution in [1.82, 2.24) is 0 Å². The minimum absolute atomic E-state index is 0.0937. The molecule has 0 bridgehead atoms. The van der Waals surface area contributed by atoms with E-state index in [4.69, 9.17) is 4.74 Å². The van der Waals surface area contributed by atoms with Gasteiger partial charge in [-0.05, 0) is 44.6 Å². The maximum Gasteiger partial charge on any atom is 0.330 e. The highest BCUT2D eigenvalue weighted by atomic mass is 16.5. The number of fused-ring (bicyclic) bond motifs is 1. The SMILES string of the molecule is C[C@H]1CCC/C=C/[C@@H]2C[C@H](O)[C@H](O)[C@H]2[C@H](O)/C=C\C(=O)O1. The van der Waals surface area contributed by atoms with Gasteiger partial charge in [0.05, 0.1) is 24.4 Å². The van der Waals surface area contributed by atoms with Crippen LogP contribution in [0.5, 0.6) is 0 Å². The van der Waals surface area contributed by atoms with E-state index in [-0.39, 0.29) is 12.0 Å². The van der Waals surface area contributed by atoms with Crippen molar-refractivity contribution < 1.29 is 24.9 Å². The molecule has 0 amide bonds. The smallest absolute Gasteiger partial charge is 0.330 e. The van der Waals surface area contributed by atoms with Crippen LogP contribution in [0.2, 0.25) is 0 Å². The summed E-state index contributed by atoms with van der Waals surface area (Å²) in [5, 5.41) is 30.0. The molecular weight excluding hydrogens is 272 g/mol. The van der Waals surface area contributed by atoms with Gasteiger partial charge in [0, 0.05) is 12.0 Å². The first kappa shape index (κ1) is 16.2. The van der Waals surface area contributed by atoms with Crippen LogP contribution in [0.4, 0.5) is 0 Å². The van der Waals surface area contributed by atoms with E-state index in [2.05, 4.69) is 0 Å². The number of cyclic esters (lactones) is 1. The van der Waals surface area contributed by atoms with Crippen LogP contribution in [0.15, 0.2) is 24.3 Å². The minimum atomic E-state index is -0.990. The predicted octanol–water partition coefficient (Wildman–Crippen LogP) is 0.933. The van der Waals surface area contributed by atoms with Crippen LogP contribution in [0.1, 0.15) is 32.6 Å². The molecule has 5 nitrogen and oxygen atoms in total. The number of hydrogen-bond donors (Lipinski definition) is 3. The number of carbonyl (C=O) groups excluding carboxylic acids is 1. The fourth-order valence-corrected chi connectivity index (χ4v) is 3.14. The monoisotopic (exact) mass is 296 g/mol. The average molecular weight is 296 g/mol. The maximum atomic E-state index is 11.6. The van der Waals surface area contributed by atoms with E-state index in [9.17, 15) is 20.1 Å². The predicted molar refractivity (Wildman–Crippen MR) is 77.3 cm³/mol. The lowest BCUT2D eigenvalue weighted by Gasteiger charge is -2.23. The highest BCUT2D eigenvalue weighted by Gasteiger charge is 2.43. The Bertz CT molecular complexity index is 417. The summed E-state index contributed by atoms with van der Waals surface area (Å²) >= 11 is 0. The van der Waals surface area contributed by atoms with Crippen molar-refractivity contribution in [1.29, 1.82) is 0 Å². The number of hydrogen-bond acceptors (Lipinski definition) is 5. The summed E-state index contributed by atoms with van der Waals surface area (Å²) in [5.74, 6) is -1.08. The van der Waals surface area contributed by atoms with Gasteiger partial charge >= 0.3 is 5.97 Å². The van der Waals surface area contributed by atoms with Crippen LogP contribution in [0.25, 0.3) is 0 Å². The summed E-state index contributed by atoms with van der Waals surface area (Å²) < 4.78 is 5.20. The molecule has 2 rings (SSSR count). The lowest BCUT2D eigenvalue weighted by Crippen LogP contribution is -2.34. The van der Waals surface area contributed by atoms with Crippen LogP contribution in [-0.2, 0) is 9.53 Å². The molecule has 1 fully saturated rings. The molecule has 0 radical (unpaired) electrons. The van der Waals surface area contributed by atoms with E-state index < -0.39 is 30.2 Å². The Labute approximate surface area is 124 Å². The highest BCUT2D eigenvalue weighted by Crippen LogP contribution is 2.36. The standard InChI is InChI=1S/C16H24O5/c1-10-5-3-2-4-6-11-9-13(18)16(20)15(11)12(17)7-8-14(19)21-10/h4,6-8,10-13,15-18,20H,2-3,5,9H2,1H3/b6-4+,8-7-/t10-,11+,12+,13-,15+,16-/m0/s1. The zero-order chi connectivity index (χ0) is 15.4. The maximum absolute atomic E-state index is 11.6. The Balaban J connectivity index is 2.17. The number of rotatable bonds is 0. The molecule has 2 aliphatic rings. The third-order valence-corrected chi connectivity index (χ3v) is 4.30. The fraction of sp³-hybridized carbons (Fsp3) is 0.688. The van der Waals surface area contributed by atoms with E-state index in [1.54, 1.807) is 0 Å².